The summed E-state index contributed by atoms with van der Waals surface area (Å²) >= 11 is 1.02. The molecule has 0 fully saturated rings. The van der Waals surface area contributed by atoms with E-state index in [0.717, 1.165) is 17.3 Å². The van der Waals surface area contributed by atoms with Crippen LogP contribution in [-0.4, -0.2) is 30.8 Å². The first-order chi connectivity index (χ1) is 11.5. The van der Waals surface area contributed by atoms with Crippen molar-refractivity contribution in [1.29, 1.82) is 5.26 Å². The molecule has 1 atom stereocenters. The summed E-state index contributed by atoms with van der Waals surface area (Å²) in [6.45, 7) is 5.52. The number of nitrogens with zero attached hydrogens (tertiary/aromatic N) is 1. The molecular weight excluding hydrogens is 366 g/mol. The zero-order valence-corrected chi connectivity index (χ0v) is 15.7. The molecule has 0 spiro atoms. The number of esters is 1. The van der Waals surface area contributed by atoms with E-state index in [1.165, 1.54) is 12.1 Å². The highest BCUT2D eigenvalue weighted by Gasteiger charge is 2.16. The van der Waals surface area contributed by atoms with Gasteiger partial charge in [0.15, 0.2) is 0 Å². The van der Waals surface area contributed by atoms with Gasteiger partial charge in [-0.1, -0.05) is 29.5 Å². The lowest BCUT2D eigenvalue weighted by molar-refractivity contribution is -0.142. The molecule has 1 aromatic carbocycles. The Morgan fingerprint density at radius 3 is 2.28 bits per heavy atom. The van der Waals surface area contributed by atoms with E-state index in [1.54, 1.807) is 32.0 Å². The van der Waals surface area contributed by atoms with E-state index in [1.807, 2.05) is 6.92 Å². The van der Waals surface area contributed by atoms with Crippen molar-refractivity contribution < 1.29 is 22.5 Å². The van der Waals surface area contributed by atoms with Gasteiger partial charge < -0.3 is 16.2 Å². The van der Waals surface area contributed by atoms with Crippen LogP contribution in [0, 0.1) is 18.3 Å². The molecule has 0 heterocycles. The summed E-state index contributed by atoms with van der Waals surface area (Å²) in [5.41, 5.74) is 11.6. The summed E-state index contributed by atoms with van der Waals surface area (Å²) in [5.74, 6) is -0.369. The van der Waals surface area contributed by atoms with Crippen molar-refractivity contribution in [2.45, 2.75) is 30.9 Å². The summed E-state index contributed by atoms with van der Waals surface area (Å²) in [6, 6.07) is 7.69. The number of hydrogen-bond donors (Lipinski definition) is 3. The fraction of sp³-hybridized carbons (Fsp3) is 0.333. The van der Waals surface area contributed by atoms with Gasteiger partial charge in [0.1, 0.15) is 22.0 Å². The van der Waals surface area contributed by atoms with Crippen molar-refractivity contribution in [3.05, 3.63) is 40.6 Å². The minimum atomic E-state index is -4.02. The molecule has 0 aliphatic carbocycles. The molecule has 0 radical (unpaired) electrons. The Morgan fingerprint density at radius 1 is 1.36 bits per heavy atom. The Bertz CT molecular complexity index is 752. The van der Waals surface area contributed by atoms with Crippen molar-refractivity contribution in [2.75, 3.05) is 6.61 Å². The third kappa shape index (κ3) is 8.99. The van der Waals surface area contributed by atoms with Crippen molar-refractivity contribution in [2.24, 2.45) is 11.5 Å². The van der Waals surface area contributed by atoms with Crippen LogP contribution in [0.4, 0.5) is 0 Å². The summed E-state index contributed by atoms with van der Waals surface area (Å²) in [6.07, 6.45) is 0. The van der Waals surface area contributed by atoms with E-state index in [9.17, 15) is 13.2 Å². The van der Waals surface area contributed by atoms with Crippen LogP contribution < -0.4 is 11.5 Å². The molecule has 138 valence electrons. The van der Waals surface area contributed by atoms with Crippen LogP contribution in [0.25, 0.3) is 0 Å². The number of nitrogens with two attached hydrogens (primary N) is 2. The molecule has 0 saturated heterocycles. The predicted molar refractivity (Wildman–Crippen MR) is 95.7 cm³/mol. The number of carbonyl (C=O) groups is 1. The molecule has 0 aromatic heterocycles. The summed E-state index contributed by atoms with van der Waals surface area (Å²) < 4.78 is 34.3. The number of thioether (sulfide) groups is 1. The summed E-state index contributed by atoms with van der Waals surface area (Å²) in [4.78, 5) is 11.1. The topological polar surface area (TPSA) is 156 Å². The van der Waals surface area contributed by atoms with Gasteiger partial charge in [0, 0.05) is 0 Å². The number of allylic oxidation sites excluding steroid dienone is 1. The summed E-state index contributed by atoms with van der Waals surface area (Å²) in [5, 5.41) is 8.11. The van der Waals surface area contributed by atoms with Gasteiger partial charge in [-0.2, -0.15) is 13.7 Å². The monoisotopic (exact) mass is 387 g/mol. The van der Waals surface area contributed by atoms with Gasteiger partial charge in [-0.05, 0) is 32.9 Å². The SMILES string of the molecule is CCOC(=O)C(C)SC(N)=C(N)C#N.Cc1ccc(S(=O)(=O)O)cc1. The molecule has 0 aliphatic heterocycles. The number of carbonyl (C=O) groups excluding carboxylic acids is 1. The lowest BCUT2D eigenvalue weighted by Crippen LogP contribution is -2.19. The van der Waals surface area contributed by atoms with E-state index in [2.05, 4.69) is 0 Å². The van der Waals surface area contributed by atoms with Crippen LogP contribution in [0.5, 0.6) is 0 Å². The van der Waals surface area contributed by atoms with Crippen molar-refractivity contribution >= 4 is 27.8 Å². The van der Waals surface area contributed by atoms with Gasteiger partial charge in [0.25, 0.3) is 10.1 Å². The van der Waals surface area contributed by atoms with E-state index in [0.29, 0.717) is 6.61 Å². The molecule has 8 nitrogen and oxygen atoms in total. The quantitative estimate of drug-likeness (QED) is 0.387. The van der Waals surface area contributed by atoms with Crippen LogP contribution in [0.15, 0.2) is 39.9 Å². The molecule has 25 heavy (non-hydrogen) atoms. The Hall–Kier alpha value is -2.22. The zero-order chi connectivity index (χ0) is 19.6. The lowest BCUT2D eigenvalue weighted by atomic mass is 10.2. The van der Waals surface area contributed by atoms with E-state index >= 15 is 0 Å². The number of rotatable bonds is 5. The van der Waals surface area contributed by atoms with Gasteiger partial charge in [0.05, 0.1) is 11.5 Å². The van der Waals surface area contributed by atoms with Crippen LogP contribution in [0.2, 0.25) is 0 Å². The molecule has 1 aromatic rings. The van der Waals surface area contributed by atoms with Crippen molar-refractivity contribution in [3.63, 3.8) is 0 Å². The average Bonchev–Trinajstić information content (AvgIpc) is 2.54. The van der Waals surface area contributed by atoms with E-state index < -0.39 is 15.4 Å². The van der Waals surface area contributed by atoms with Crippen LogP contribution >= 0.6 is 11.8 Å². The first-order valence-electron chi connectivity index (χ1n) is 7.05. The second kappa shape index (κ2) is 10.6. The molecule has 1 rings (SSSR count). The van der Waals surface area contributed by atoms with Crippen LogP contribution in [0.1, 0.15) is 19.4 Å². The zero-order valence-electron chi connectivity index (χ0n) is 14.1. The molecule has 0 bridgehead atoms. The highest BCUT2D eigenvalue weighted by Crippen LogP contribution is 2.19. The Labute approximate surface area is 151 Å². The lowest BCUT2D eigenvalue weighted by Gasteiger charge is -2.09. The predicted octanol–water partition coefficient (Wildman–Crippen LogP) is 1.52. The maximum Gasteiger partial charge on any atom is 0.319 e. The van der Waals surface area contributed by atoms with Crippen LogP contribution in [-0.2, 0) is 19.6 Å². The largest absolute Gasteiger partial charge is 0.465 e. The number of aryl methyl sites for hydroxylation is 1. The first-order valence-corrected chi connectivity index (χ1v) is 9.37. The molecular formula is C15H21N3O5S2. The molecule has 10 heteroatoms. The second-order valence-electron chi connectivity index (χ2n) is 4.69. The normalized spacial score (nSPS) is 12.8. The van der Waals surface area contributed by atoms with Crippen molar-refractivity contribution in [1.82, 2.24) is 0 Å². The third-order valence-corrected chi connectivity index (χ3v) is 4.51. The van der Waals surface area contributed by atoms with Gasteiger partial charge in [-0.15, -0.1) is 0 Å². The van der Waals surface area contributed by atoms with Gasteiger partial charge >= 0.3 is 5.97 Å². The van der Waals surface area contributed by atoms with E-state index in [-0.39, 0.29) is 21.6 Å². The number of ether oxygens (including phenoxy) is 1. The molecule has 5 N–H and O–H groups in total. The molecule has 0 saturated carbocycles. The first kappa shape index (κ1) is 22.8. The van der Waals surface area contributed by atoms with Crippen LogP contribution in [0.3, 0.4) is 0 Å². The minimum Gasteiger partial charge on any atom is -0.465 e. The molecule has 0 aliphatic rings. The van der Waals surface area contributed by atoms with Gasteiger partial charge in [-0.25, -0.2) is 0 Å². The Kier molecular flexibility index (Phi) is 9.66. The number of hydrogen-bond acceptors (Lipinski definition) is 8. The highest BCUT2D eigenvalue weighted by molar-refractivity contribution is 8.04. The highest BCUT2D eigenvalue weighted by atomic mass is 32.2. The molecule has 1 unspecified atom stereocenters. The number of nitriles is 1. The Morgan fingerprint density at radius 2 is 1.88 bits per heavy atom. The maximum atomic E-state index is 11.1. The maximum absolute atomic E-state index is 11.1. The third-order valence-electron chi connectivity index (χ3n) is 2.63. The van der Waals surface area contributed by atoms with E-state index in [4.69, 9.17) is 26.0 Å². The Balaban J connectivity index is 0.000000472. The average molecular weight is 387 g/mol. The van der Waals surface area contributed by atoms with Gasteiger partial charge in [-0.3, -0.25) is 9.35 Å². The second-order valence-corrected chi connectivity index (χ2v) is 7.49. The molecule has 0 amide bonds. The minimum absolute atomic E-state index is 0.0666. The fourth-order valence-corrected chi connectivity index (χ4v) is 2.52. The summed E-state index contributed by atoms with van der Waals surface area (Å²) in [7, 11) is -4.02. The van der Waals surface area contributed by atoms with Crippen molar-refractivity contribution in [3.8, 4) is 6.07 Å². The van der Waals surface area contributed by atoms with Gasteiger partial charge in [0.2, 0.25) is 0 Å². The standard InChI is InChI=1S/C8H13N3O2S.C7H8O3S/c1-3-13-8(12)5(2)14-7(11)6(10)4-9;1-6-2-4-7(5-3-6)11(8,9)10/h5H,3,10-11H2,1-2H3;2-5H,1H3,(H,8,9,10). The fourth-order valence-electron chi connectivity index (χ4n) is 1.33. The smallest absolute Gasteiger partial charge is 0.319 e. The number of benzene rings is 1.